The van der Waals surface area contributed by atoms with Crippen LogP contribution in [0.15, 0.2) is 44.0 Å². The molecule has 0 radical (unpaired) electrons. The molecule has 0 saturated heterocycles. The summed E-state index contributed by atoms with van der Waals surface area (Å²) in [5.74, 6) is 0.543. The summed E-state index contributed by atoms with van der Waals surface area (Å²) in [6, 6.07) is 8.48. The van der Waals surface area contributed by atoms with Gasteiger partial charge in [-0.15, -0.1) is 0 Å². The molecular weight excluding hydrogens is 320 g/mol. The number of fused-ring (bicyclic) bond motifs is 1. The number of rotatable bonds is 4. The zero-order valence-corrected chi connectivity index (χ0v) is 14.7. The maximum absolute atomic E-state index is 12.1. The summed E-state index contributed by atoms with van der Waals surface area (Å²) in [6.07, 6.45) is 0. The Bertz CT molecular complexity index is 991. The minimum atomic E-state index is -0.564. The molecule has 25 heavy (non-hydrogen) atoms. The second-order valence-electron chi connectivity index (χ2n) is 6.44. The molecule has 1 aromatic carbocycles. The third kappa shape index (κ3) is 3.50. The van der Waals surface area contributed by atoms with Crippen LogP contribution < -0.4 is 5.63 Å². The van der Waals surface area contributed by atoms with E-state index in [0.717, 1.165) is 16.5 Å². The first-order valence-electron chi connectivity index (χ1n) is 8.16. The number of carbonyl (C=O) groups excluding carboxylic acids is 1. The van der Waals surface area contributed by atoms with Crippen LogP contribution in [-0.4, -0.2) is 5.97 Å². The monoisotopic (exact) mass is 340 g/mol. The van der Waals surface area contributed by atoms with Crippen molar-refractivity contribution in [3.8, 4) is 0 Å². The van der Waals surface area contributed by atoms with Crippen LogP contribution in [0.4, 0.5) is 0 Å². The average Bonchev–Trinajstić information content (AvgIpc) is 2.97. The molecule has 0 fully saturated rings. The standard InChI is InChI=1S/C20H20O5/c1-11(2)15-9-16-14(8-19(21)25-18(16)7-12(15)3)10-23-20(22)17-6-5-13(4)24-17/h5-9,11H,10H2,1-4H3. The van der Waals surface area contributed by atoms with Crippen molar-refractivity contribution in [3.05, 3.63) is 69.0 Å². The fourth-order valence-electron chi connectivity index (χ4n) is 2.89. The molecule has 2 heterocycles. The van der Waals surface area contributed by atoms with E-state index < -0.39 is 11.6 Å². The lowest BCUT2D eigenvalue weighted by atomic mass is 9.95. The predicted octanol–water partition coefficient (Wildman–Crippen LogP) is 4.48. The number of furan rings is 1. The summed E-state index contributed by atoms with van der Waals surface area (Å²) in [4.78, 5) is 23.9. The molecule has 0 aliphatic heterocycles. The van der Waals surface area contributed by atoms with Gasteiger partial charge in [-0.1, -0.05) is 13.8 Å². The lowest BCUT2D eigenvalue weighted by molar-refractivity contribution is 0.0436. The van der Waals surface area contributed by atoms with Crippen molar-refractivity contribution in [1.29, 1.82) is 0 Å². The Balaban J connectivity index is 1.96. The second-order valence-corrected chi connectivity index (χ2v) is 6.44. The maximum atomic E-state index is 12.1. The van der Waals surface area contributed by atoms with Gasteiger partial charge in [-0.3, -0.25) is 0 Å². The van der Waals surface area contributed by atoms with Crippen LogP contribution in [0, 0.1) is 13.8 Å². The van der Waals surface area contributed by atoms with Crippen molar-refractivity contribution in [2.75, 3.05) is 0 Å². The van der Waals surface area contributed by atoms with E-state index in [1.807, 2.05) is 19.1 Å². The molecule has 3 aromatic rings. The smallest absolute Gasteiger partial charge is 0.374 e. The fraction of sp³-hybridized carbons (Fsp3) is 0.300. The molecule has 5 nitrogen and oxygen atoms in total. The van der Waals surface area contributed by atoms with Crippen molar-refractivity contribution in [3.63, 3.8) is 0 Å². The van der Waals surface area contributed by atoms with Crippen LogP contribution in [0.25, 0.3) is 11.0 Å². The highest BCUT2D eigenvalue weighted by molar-refractivity contribution is 5.87. The Kier molecular flexibility index (Phi) is 4.49. The lowest BCUT2D eigenvalue weighted by Gasteiger charge is -2.13. The Morgan fingerprint density at radius 3 is 2.52 bits per heavy atom. The van der Waals surface area contributed by atoms with Gasteiger partial charge in [0, 0.05) is 17.0 Å². The minimum absolute atomic E-state index is 0.0265. The number of carbonyl (C=O) groups is 1. The van der Waals surface area contributed by atoms with E-state index in [1.165, 1.54) is 6.07 Å². The third-order valence-corrected chi connectivity index (χ3v) is 4.14. The third-order valence-electron chi connectivity index (χ3n) is 4.14. The van der Waals surface area contributed by atoms with Crippen molar-refractivity contribution < 1.29 is 18.4 Å². The molecule has 0 bridgehead atoms. The summed E-state index contributed by atoms with van der Waals surface area (Å²) < 4.78 is 15.9. The SMILES string of the molecule is Cc1ccc(C(=O)OCc2cc(=O)oc3cc(C)c(C(C)C)cc23)o1. The predicted molar refractivity (Wildman–Crippen MR) is 93.9 cm³/mol. The zero-order valence-electron chi connectivity index (χ0n) is 14.7. The minimum Gasteiger partial charge on any atom is -0.455 e. The van der Waals surface area contributed by atoms with Crippen molar-refractivity contribution in [1.82, 2.24) is 0 Å². The van der Waals surface area contributed by atoms with Gasteiger partial charge in [0.2, 0.25) is 5.76 Å². The number of esters is 1. The van der Waals surface area contributed by atoms with Gasteiger partial charge < -0.3 is 13.6 Å². The van der Waals surface area contributed by atoms with Crippen LogP contribution in [0.5, 0.6) is 0 Å². The highest BCUT2D eigenvalue weighted by Gasteiger charge is 2.15. The first kappa shape index (κ1) is 17.0. The molecule has 0 unspecified atom stereocenters. The number of hydrogen-bond donors (Lipinski definition) is 0. The highest BCUT2D eigenvalue weighted by atomic mass is 16.5. The highest BCUT2D eigenvalue weighted by Crippen LogP contribution is 2.27. The fourth-order valence-corrected chi connectivity index (χ4v) is 2.89. The van der Waals surface area contributed by atoms with Gasteiger partial charge in [-0.05, 0) is 55.2 Å². The summed E-state index contributed by atoms with van der Waals surface area (Å²) in [6.45, 7) is 7.92. The second kappa shape index (κ2) is 6.59. The van der Waals surface area contributed by atoms with Crippen LogP contribution in [0.2, 0.25) is 0 Å². The lowest BCUT2D eigenvalue weighted by Crippen LogP contribution is -2.08. The van der Waals surface area contributed by atoms with E-state index in [2.05, 4.69) is 13.8 Å². The molecule has 0 amide bonds. The largest absolute Gasteiger partial charge is 0.455 e. The van der Waals surface area contributed by atoms with Gasteiger partial charge in [0.15, 0.2) is 0 Å². The molecule has 0 spiro atoms. The van der Waals surface area contributed by atoms with Gasteiger partial charge in [0.25, 0.3) is 0 Å². The van der Waals surface area contributed by atoms with Crippen LogP contribution in [-0.2, 0) is 11.3 Å². The van der Waals surface area contributed by atoms with Gasteiger partial charge in [-0.2, -0.15) is 0 Å². The summed E-state index contributed by atoms with van der Waals surface area (Å²) in [5.41, 5.74) is 2.87. The Morgan fingerprint density at radius 1 is 1.12 bits per heavy atom. The van der Waals surface area contributed by atoms with Gasteiger partial charge in [0.05, 0.1) is 0 Å². The van der Waals surface area contributed by atoms with Crippen LogP contribution >= 0.6 is 0 Å². The summed E-state index contributed by atoms with van der Waals surface area (Å²) in [7, 11) is 0. The van der Waals surface area contributed by atoms with E-state index in [4.69, 9.17) is 13.6 Å². The topological polar surface area (TPSA) is 69.7 Å². The van der Waals surface area contributed by atoms with Gasteiger partial charge >= 0.3 is 11.6 Å². The molecule has 0 saturated carbocycles. The summed E-state index contributed by atoms with van der Waals surface area (Å²) >= 11 is 0. The average molecular weight is 340 g/mol. The van der Waals surface area contributed by atoms with E-state index >= 15 is 0 Å². The number of aryl methyl sites for hydroxylation is 2. The molecule has 2 aromatic heterocycles. The molecular formula is C20H20O5. The molecule has 0 aliphatic carbocycles. The van der Waals surface area contributed by atoms with Gasteiger partial charge in [-0.25, -0.2) is 9.59 Å². The molecule has 130 valence electrons. The van der Waals surface area contributed by atoms with Crippen molar-refractivity contribution in [2.24, 2.45) is 0 Å². The van der Waals surface area contributed by atoms with Crippen LogP contribution in [0.1, 0.15) is 52.8 Å². The number of ether oxygens (including phenoxy) is 1. The molecule has 0 atom stereocenters. The molecule has 5 heteroatoms. The Hall–Kier alpha value is -2.82. The molecule has 0 N–H and O–H groups in total. The number of hydrogen-bond acceptors (Lipinski definition) is 5. The first-order valence-corrected chi connectivity index (χ1v) is 8.16. The zero-order chi connectivity index (χ0) is 18.1. The Labute approximate surface area is 145 Å². The van der Waals surface area contributed by atoms with Crippen LogP contribution in [0.3, 0.4) is 0 Å². The van der Waals surface area contributed by atoms with E-state index in [-0.39, 0.29) is 12.4 Å². The number of benzene rings is 1. The normalized spacial score (nSPS) is 11.2. The molecule has 0 aliphatic rings. The maximum Gasteiger partial charge on any atom is 0.374 e. The quantitative estimate of drug-likeness (QED) is 0.517. The summed E-state index contributed by atoms with van der Waals surface area (Å²) in [5, 5.41) is 0.775. The van der Waals surface area contributed by atoms with E-state index in [0.29, 0.717) is 22.8 Å². The molecule has 3 rings (SSSR count). The van der Waals surface area contributed by atoms with Crippen molar-refractivity contribution >= 4 is 16.9 Å². The van der Waals surface area contributed by atoms with E-state index in [9.17, 15) is 9.59 Å². The van der Waals surface area contributed by atoms with Gasteiger partial charge in [0.1, 0.15) is 18.0 Å². The first-order chi connectivity index (χ1) is 11.8. The van der Waals surface area contributed by atoms with Crippen molar-refractivity contribution in [2.45, 2.75) is 40.2 Å². The van der Waals surface area contributed by atoms with E-state index in [1.54, 1.807) is 19.1 Å². The Morgan fingerprint density at radius 2 is 1.88 bits per heavy atom.